The van der Waals surface area contributed by atoms with E-state index >= 15 is 0 Å². The van der Waals surface area contributed by atoms with Gasteiger partial charge in [0.1, 0.15) is 11.9 Å². The molecule has 3 nitrogen and oxygen atoms in total. The van der Waals surface area contributed by atoms with E-state index in [1.54, 1.807) is 0 Å². The van der Waals surface area contributed by atoms with Crippen molar-refractivity contribution in [3.63, 3.8) is 0 Å². The highest BCUT2D eigenvalue weighted by Crippen LogP contribution is 2.26. The number of hydrogen-bond donors (Lipinski definition) is 1. The topological polar surface area (TPSA) is 37.9 Å². The third-order valence-corrected chi connectivity index (χ3v) is 2.47. The normalized spacial score (nSPS) is 22.8. The number of ether oxygens (including phenoxy) is 1. The van der Waals surface area contributed by atoms with Crippen LogP contribution in [0.4, 0.5) is 0 Å². The molecule has 1 saturated heterocycles. The summed E-state index contributed by atoms with van der Waals surface area (Å²) in [7, 11) is 0. The Balaban J connectivity index is 2.12. The number of imidazole rings is 1. The number of aromatic amines is 1. The van der Waals surface area contributed by atoms with Gasteiger partial charge in [-0.25, -0.2) is 4.98 Å². The zero-order valence-electron chi connectivity index (χ0n) is 8.21. The molecule has 1 aliphatic rings. The standard InChI is InChI=1S/C10H16N2O/c1-7(2)8-6-11-10(12-8)9-4-3-5-13-9/h6-7,9H,3-5H2,1-2H3,(H,11,12). The Labute approximate surface area is 78.5 Å². The minimum Gasteiger partial charge on any atom is -0.370 e. The Hall–Kier alpha value is -0.830. The molecule has 0 bridgehead atoms. The Morgan fingerprint density at radius 1 is 1.62 bits per heavy atom. The highest BCUT2D eigenvalue weighted by molar-refractivity contribution is 5.07. The van der Waals surface area contributed by atoms with Gasteiger partial charge < -0.3 is 9.72 Å². The molecular formula is C10H16N2O. The molecule has 13 heavy (non-hydrogen) atoms. The maximum absolute atomic E-state index is 5.54. The van der Waals surface area contributed by atoms with E-state index in [2.05, 4.69) is 23.8 Å². The van der Waals surface area contributed by atoms with Crippen molar-refractivity contribution in [2.24, 2.45) is 0 Å². The molecule has 0 aliphatic carbocycles. The largest absolute Gasteiger partial charge is 0.370 e. The Kier molecular flexibility index (Phi) is 2.36. The van der Waals surface area contributed by atoms with Crippen LogP contribution in [0.1, 0.15) is 50.2 Å². The number of rotatable bonds is 2. The molecule has 1 fully saturated rings. The first kappa shape index (κ1) is 8.75. The lowest BCUT2D eigenvalue weighted by molar-refractivity contribution is 0.105. The molecule has 0 spiro atoms. The highest BCUT2D eigenvalue weighted by Gasteiger charge is 2.20. The van der Waals surface area contributed by atoms with Crippen LogP contribution in [-0.2, 0) is 4.74 Å². The predicted octanol–water partition coefficient (Wildman–Crippen LogP) is 2.38. The Bertz CT molecular complexity index is 274. The summed E-state index contributed by atoms with van der Waals surface area (Å²) in [5.41, 5.74) is 1.20. The lowest BCUT2D eigenvalue weighted by Crippen LogP contribution is -1.98. The van der Waals surface area contributed by atoms with Gasteiger partial charge in [0, 0.05) is 18.5 Å². The number of nitrogens with one attached hydrogen (secondary N) is 1. The van der Waals surface area contributed by atoms with Gasteiger partial charge in [0.2, 0.25) is 0 Å². The van der Waals surface area contributed by atoms with Crippen LogP contribution >= 0.6 is 0 Å². The molecular weight excluding hydrogens is 164 g/mol. The second kappa shape index (κ2) is 3.50. The van der Waals surface area contributed by atoms with Gasteiger partial charge in [0.15, 0.2) is 0 Å². The Morgan fingerprint density at radius 3 is 3.00 bits per heavy atom. The summed E-state index contributed by atoms with van der Waals surface area (Å²) in [5, 5.41) is 0. The molecule has 72 valence electrons. The van der Waals surface area contributed by atoms with E-state index < -0.39 is 0 Å². The van der Waals surface area contributed by atoms with Crippen molar-refractivity contribution >= 4 is 0 Å². The fourth-order valence-corrected chi connectivity index (χ4v) is 1.60. The second-order valence-corrected chi connectivity index (χ2v) is 3.88. The molecule has 0 amide bonds. The predicted molar refractivity (Wildman–Crippen MR) is 50.6 cm³/mol. The van der Waals surface area contributed by atoms with E-state index in [-0.39, 0.29) is 6.10 Å². The van der Waals surface area contributed by atoms with E-state index in [9.17, 15) is 0 Å². The SMILES string of the molecule is CC(C)c1cnc(C2CCCO2)[nH]1. The highest BCUT2D eigenvalue weighted by atomic mass is 16.5. The van der Waals surface area contributed by atoms with Crippen molar-refractivity contribution in [3.8, 4) is 0 Å². The summed E-state index contributed by atoms with van der Waals surface area (Å²) < 4.78 is 5.54. The average molecular weight is 180 g/mol. The molecule has 1 unspecified atom stereocenters. The van der Waals surface area contributed by atoms with Crippen LogP contribution in [0.3, 0.4) is 0 Å². The summed E-state index contributed by atoms with van der Waals surface area (Å²) in [4.78, 5) is 7.66. The smallest absolute Gasteiger partial charge is 0.135 e. The third-order valence-electron chi connectivity index (χ3n) is 2.47. The fourth-order valence-electron chi connectivity index (χ4n) is 1.60. The van der Waals surface area contributed by atoms with Crippen LogP contribution < -0.4 is 0 Å². The number of nitrogens with zero attached hydrogens (tertiary/aromatic N) is 1. The first-order chi connectivity index (χ1) is 6.27. The van der Waals surface area contributed by atoms with Gasteiger partial charge in [-0.05, 0) is 18.8 Å². The summed E-state index contributed by atoms with van der Waals surface area (Å²) >= 11 is 0. The molecule has 1 aromatic rings. The van der Waals surface area contributed by atoms with Gasteiger partial charge in [-0.1, -0.05) is 13.8 Å². The van der Waals surface area contributed by atoms with E-state index in [4.69, 9.17) is 4.74 Å². The van der Waals surface area contributed by atoms with E-state index in [0.717, 1.165) is 25.3 Å². The van der Waals surface area contributed by atoms with Crippen molar-refractivity contribution in [3.05, 3.63) is 17.7 Å². The lowest BCUT2D eigenvalue weighted by atomic mass is 10.2. The summed E-state index contributed by atoms with van der Waals surface area (Å²) in [6, 6.07) is 0. The molecule has 3 heteroatoms. The number of H-pyrrole nitrogens is 1. The minimum absolute atomic E-state index is 0.215. The monoisotopic (exact) mass is 180 g/mol. The molecule has 0 radical (unpaired) electrons. The van der Waals surface area contributed by atoms with Crippen molar-refractivity contribution in [1.29, 1.82) is 0 Å². The van der Waals surface area contributed by atoms with Gasteiger partial charge in [0.25, 0.3) is 0 Å². The average Bonchev–Trinajstić information content (AvgIpc) is 2.75. The van der Waals surface area contributed by atoms with E-state index in [1.807, 2.05) is 6.20 Å². The number of aromatic nitrogens is 2. The molecule has 1 aliphatic heterocycles. The summed E-state index contributed by atoms with van der Waals surface area (Å²) in [6.07, 6.45) is 4.39. The molecule has 1 atom stereocenters. The molecule has 2 heterocycles. The van der Waals surface area contributed by atoms with Gasteiger partial charge in [-0.3, -0.25) is 0 Å². The zero-order valence-corrected chi connectivity index (χ0v) is 8.21. The Morgan fingerprint density at radius 2 is 2.46 bits per heavy atom. The summed E-state index contributed by atoms with van der Waals surface area (Å²) in [6.45, 7) is 5.20. The fraction of sp³-hybridized carbons (Fsp3) is 0.700. The van der Waals surface area contributed by atoms with Crippen molar-refractivity contribution in [2.75, 3.05) is 6.61 Å². The molecule has 1 aromatic heterocycles. The number of hydrogen-bond acceptors (Lipinski definition) is 2. The van der Waals surface area contributed by atoms with Crippen LogP contribution in [0.25, 0.3) is 0 Å². The van der Waals surface area contributed by atoms with Crippen molar-refractivity contribution < 1.29 is 4.74 Å². The van der Waals surface area contributed by atoms with Crippen LogP contribution in [0.2, 0.25) is 0 Å². The molecule has 0 saturated carbocycles. The van der Waals surface area contributed by atoms with E-state index in [0.29, 0.717) is 5.92 Å². The minimum atomic E-state index is 0.215. The van der Waals surface area contributed by atoms with Gasteiger partial charge in [-0.2, -0.15) is 0 Å². The third kappa shape index (κ3) is 1.75. The zero-order chi connectivity index (χ0) is 9.26. The second-order valence-electron chi connectivity index (χ2n) is 3.88. The molecule has 1 N–H and O–H groups in total. The summed E-state index contributed by atoms with van der Waals surface area (Å²) in [5.74, 6) is 1.52. The van der Waals surface area contributed by atoms with Crippen LogP contribution in [0.5, 0.6) is 0 Å². The maximum atomic E-state index is 5.54. The molecule has 2 rings (SSSR count). The van der Waals surface area contributed by atoms with E-state index in [1.165, 1.54) is 5.69 Å². The molecule has 0 aromatic carbocycles. The van der Waals surface area contributed by atoms with Gasteiger partial charge in [0.05, 0.1) is 0 Å². The quantitative estimate of drug-likeness (QED) is 0.758. The van der Waals surface area contributed by atoms with Crippen LogP contribution in [0.15, 0.2) is 6.20 Å². The maximum Gasteiger partial charge on any atom is 0.135 e. The van der Waals surface area contributed by atoms with Crippen molar-refractivity contribution in [1.82, 2.24) is 9.97 Å². The lowest BCUT2D eigenvalue weighted by Gasteiger charge is -2.05. The van der Waals surface area contributed by atoms with Gasteiger partial charge in [-0.15, -0.1) is 0 Å². The first-order valence-electron chi connectivity index (χ1n) is 4.94. The van der Waals surface area contributed by atoms with Crippen molar-refractivity contribution in [2.45, 2.75) is 38.7 Å². The van der Waals surface area contributed by atoms with Crippen LogP contribution in [0, 0.1) is 0 Å². The van der Waals surface area contributed by atoms with Gasteiger partial charge >= 0.3 is 0 Å². The first-order valence-corrected chi connectivity index (χ1v) is 4.94. The van der Waals surface area contributed by atoms with Crippen LogP contribution in [-0.4, -0.2) is 16.6 Å².